The maximum absolute atomic E-state index is 11.4. The molecule has 0 saturated heterocycles. The molecule has 0 bridgehead atoms. The highest BCUT2D eigenvalue weighted by atomic mass is 16.2. The van der Waals surface area contributed by atoms with E-state index in [2.05, 4.69) is 16.0 Å². The summed E-state index contributed by atoms with van der Waals surface area (Å²) < 4.78 is 0. The second-order valence-electron chi connectivity index (χ2n) is 5.02. The van der Waals surface area contributed by atoms with Gasteiger partial charge in [-0.25, -0.2) is 0 Å². The van der Waals surface area contributed by atoms with Crippen LogP contribution in [0.3, 0.4) is 0 Å². The lowest BCUT2D eigenvalue weighted by atomic mass is 10.1. The average molecular weight is 329 g/mol. The van der Waals surface area contributed by atoms with Crippen molar-refractivity contribution in [2.24, 2.45) is 0 Å². The molecule has 0 saturated carbocycles. The van der Waals surface area contributed by atoms with Crippen LogP contribution in [0.4, 0.5) is 0 Å². The van der Waals surface area contributed by atoms with Crippen molar-refractivity contribution in [3.05, 3.63) is 0 Å². The highest BCUT2D eigenvalue weighted by Gasteiger charge is 2.03. The van der Waals surface area contributed by atoms with Gasteiger partial charge in [0.1, 0.15) is 0 Å². The minimum Gasteiger partial charge on any atom is -0.358 e. The Morgan fingerprint density at radius 2 is 1.13 bits per heavy atom. The molecule has 0 aliphatic carbocycles. The van der Waals surface area contributed by atoms with Gasteiger partial charge in [-0.2, -0.15) is 0 Å². The first kappa shape index (κ1) is 23.7. The smallest absolute Gasteiger partial charge is 0.239 e. The molecule has 0 heterocycles. The number of carbonyl (C=O) groups excluding carboxylic acids is 3. The van der Waals surface area contributed by atoms with Crippen LogP contribution in [0.1, 0.15) is 72.1 Å². The van der Waals surface area contributed by atoms with Gasteiger partial charge >= 0.3 is 0 Å². The van der Waals surface area contributed by atoms with Gasteiger partial charge < -0.3 is 16.0 Å². The molecule has 0 atom stereocenters. The van der Waals surface area contributed by atoms with Crippen LogP contribution in [0.2, 0.25) is 0 Å². The lowest BCUT2D eigenvalue weighted by Gasteiger charge is -2.04. The topological polar surface area (TPSA) is 87.3 Å². The van der Waals surface area contributed by atoms with Gasteiger partial charge in [-0.3, -0.25) is 14.4 Å². The zero-order valence-corrected chi connectivity index (χ0v) is 15.3. The van der Waals surface area contributed by atoms with Gasteiger partial charge in [0.25, 0.3) is 0 Å². The summed E-state index contributed by atoms with van der Waals surface area (Å²) in [5, 5.41) is 7.80. The van der Waals surface area contributed by atoms with Gasteiger partial charge in [0.2, 0.25) is 17.7 Å². The minimum absolute atomic E-state index is 0.0508. The van der Waals surface area contributed by atoms with Gasteiger partial charge in [-0.1, -0.05) is 39.5 Å². The van der Waals surface area contributed by atoms with Gasteiger partial charge in [0.05, 0.1) is 6.54 Å². The van der Waals surface area contributed by atoms with Crippen LogP contribution in [-0.2, 0) is 14.4 Å². The number of rotatable bonds is 12. The Balaban J connectivity index is 0. The molecule has 0 aromatic carbocycles. The molecular formula is C17H35N3O3. The number of amides is 3. The van der Waals surface area contributed by atoms with Gasteiger partial charge in [0, 0.05) is 26.4 Å². The third-order valence-electron chi connectivity index (χ3n) is 3.16. The predicted octanol–water partition coefficient (Wildman–Crippen LogP) is 2.13. The van der Waals surface area contributed by atoms with E-state index in [0.717, 1.165) is 38.5 Å². The first-order chi connectivity index (χ1) is 11.1. The van der Waals surface area contributed by atoms with Crippen LogP contribution in [0.15, 0.2) is 0 Å². The standard InChI is InChI=1S/C15H29N3O3.C2H6/c1-3-17-13(19)10-8-6-4-5-7-9-11-14(20)18-12-15(21)16-2;1-2/h3-12H2,1-2H3,(H,16,21)(H,17,19)(H,18,20);1-2H3. The molecule has 3 amide bonds. The molecule has 0 fully saturated rings. The van der Waals surface area contributed by atoms with Crippen LogP contribution >= 0.6 is 0 Å². The Morgan fingerprint density at radius 1 is 0.696 bits per heavy atom. The van der Waals surface area contributed by atoms with E-state index in [1.807, 2.05) is 20.8 Å². The molecular weight excluding hydrogens is 294 g/mol. The first-order valence-corrected chi connectivity index (χ1v) is 8.84. The molecule has 3 N–H and O–H groups in total. The summed E-state index contributed by atoms with van der Waals surface area (Å²) in [6.07, 6.45) is 7.09. The van der Waals surface area contributed by atoms with Gasteiger partial charge in [-0.05, 0) is 19.8 Å². The molecule has 136 valence electrons. The van der Waals surface area contributed by atoms with Gasteiger partial charge in [-0.15, -0.1) is 0 Å². The quantitative estimate of drug-likeness (QED) is 0.479. The predicted molar refractivity (Wildman–Crippen MR) is 94.0 cm³/mol. The van der Waals surface area contributed by atoms with Crippen molar-refractivity contribution in [3.63, 3.8) is 0 Å². The number of unbranched alkanes of at least 4 members (excludes halogenated alkanes) is 5. The van der Waals surface area contributed by atoms with Crippen LogP contribution < -0.4 is 16.0 Å². The molecule has 0 aliphatic rings. The number of nitrogens with one attached hydrogen (secondary N) is 3. The van der Waals surface area contributed by atoms with E-state index in [0.29, 0.717) is 19.4 Å². The third-order valence-corrected chi connectivity index (χ3v) is 3.16. The second-order valence-corrected chi connectivity index (χ2v) is 5.02. The van der Waals surface area contributed by atoms with Gasteiger partial charge in [0.15, 0.2) is 0 Å². The van der Waals surface area contributed by atoms with Crippen molar-refractivity contribution in [3.8, 4) is 0 Å². The molecule has 23 heavy (non-hydrogen) atoms. The number of hydrogen-bond acceptors (Lipinski definition) is 3. The molecule has 0 spiro atoms. The van der Waals surface area contributed by atoms with E-state index in [1.165, 1.54) is 0 Å². The Kier molecular flexibility index (Phi) is 19.0. The van der Waals surface area contributed by atoms with E-state index >= 15 is 0 Å². The Labute approximate surface area is 141 Å². The highest BCUT2D eigenvalue weighted by Crippen LogP contribution is 2.08. The molecule has 0 radical (unpaired) electrons. The molecule has 0 aromatic rings. The lowest BCUT2D eigenvalue weighted by molar-refractivity contribution is -0.125. The fourth-order valence-electron chi connectivity index (χ4n) is 1.92. The van der Waals surface area contributed by atoms with Crippen molar-refractivity contribution in [1.29, 1.82) is 0 Å². The van der Waals surface area contributed by atoms with E-state index < -0.39 is 0 Å². The zero-order valence-electron chi connectivity index (χ0n) is 15.3. The summed E-state index contributed by atoms with van der Waals surface area (Å²) in [6.45, 7) is 6.67. The summed E-state index contributed by atoms with van der Waals surface area (Å²) in [7, 11) is 1.54. The number of hydrogen-bond donors (Lipinski definition) is 3. The molecule has 0 rings (SSSR count). The van der Waals surface area contributed by atoms with Crippen molar-refractivity contribution in [2.45, 2.75) is 72.1 Å². The number of carbonyl (C=O) groups is 3. The van der Waals surface area contributed by atoms with E-state index in [9.17, 15) is 14.4 Å². The normalized spacial score (nSPS) is 9.39. The summed E-state index contributed by atoms with van der Waals surface area (Å²) in [4.78, 5) is 33.5. The summed E-state index contributed by atoms with van der Waals surface area (Å²) in [5.74, 6) is -0.129. The Bertz CT molecular complexity index is 320. The molecule has 0 aromatic heterocycles. The third kappa shape index (κ3) is 18.4. The van der Waals surface area contributed by atoms with Crippen molar-refractivity contribution in [1.82, 2.24) is 16.0 Å². The zero-order chi connectivity index (χ0) is 17.9. The summed E-state index contributed by atoms with van der Waals surface area (Å²) >= 11 is 0. The van der Waals surface area contributed by atoms with E-state index in [-0.39, 0.29) is 24.3 Å². The van der Waals surface area contributed by atoms with Crippen LogP contribution in [0.5, 0.6) is 0 Å². The van der Waals surface area contributed by atoms with E-state index in [1.54, 1.807) is 7.05 Å². The largest absolute Gasteiger partial charge is 0.358 e. The SMILES string of the molecule is CC.CCNC(=O)CCCCCCCCC(=O)NCC(=O)NC. The monoisotopic (exact) mass is 329 g/mol. The lowest BCUT2D eigenvalue weighted by Crippen LogP contribution is -2.34. The highest BCUT2D eigenvalue weighted by molar-refractivity contribution is 5.84. The van der Waals surface area contributed by atoms with Crippen molar-refractivity contribution in [2.75, 3.05) is 20.1 Å². The fourth-order valence-corrected chi connectivity index (χ4v) is 1.92. The molecule has 6 heteroatoms. The van der Waals surface area contributed by atoms with Crippen LogP contribution in [-0.4, -0.2) is 37.9 Å². The molecule has 0 aliphatic heterocycles. The Morgan fingerprint density at radius 3 is 1.57 bits per heavy atom. The summed E-state index contributed by atoms with van der Waals surface area (Å²) in [6, 6.07) is 0. The molecule has 6 nitrogen and oxygen atoms in total. The maximum Gasteiger partial charge on any atom is 0.239 e. The summed E-state index contributed by atoms with van der Waals surface area (Å²) in [5.41, 5.74) is 0. The van der Waals surface area contributed by atoms with Crippen LogP contribution in [0.25, 0.3) is 0 Å². The van der Waals surface area contributed by atoms with E-state index in [4.69, 9.17) is 0 Å². The maximum atomic E-state index is 11.4. The number of likely N-dealkylation sites (N-methyl/N-ethyl adjacent to an activating group) is 1. The first-order valence-electron chi connectivity index (χ1n) is 8.84. The average Bonchev–Trinajstić information content (AvgIpc) is 2.57. The van der Waals surface area contributed by atoms with Crippen LogP contribution in [0, 0.1) is 0 Å². The van der Waals surface area contributed by atoms with Crippen molar-refractivity contribution >= 4 is 17.7 Å². The van der Waals surface area contributed by atoms with Crippen molar-refractivity contribution < 1.29 is 14.4 Å². The molecule has 0 unspecified atom stereocenters. The second kappa shape index (κ2) is 18.5. The Hall–Kier alpha value is -1.59. The minimum atomic E-state index is -0.185. The fraction of sp³-hybridized carbons (Fsp3) is 0.824.